The first-order chi connectivity index (χ1) is 27.8. The molecule has 282 valence electrons. The van der Waals surface area contributed by atoms with Gasteiger partial charge in [-0.05, 0) is 118 Å². The molecule has 12 heteroatoms. The Bertz CT molecular complexity index is 2380. The van der Waals surface area contributed by atoms with Gasteiger partial charge >= 0.3 is 20.7 Å². The largest absolute Gasteiger partial charge is 0.457 e. The molecular formula is C45H39B3O9. The van der Waals surface area contributed by atoms with Gasteiger partial charge in [-0.3, -0.25) is 14.4 Å². The minimum absolute atomic E-state index is 0.145. The average molecular weight is 756 g/mol. The number of rotatable bonds is 9. The monoisotopic (exact) mass is 756 g/mol. The van der Waals surface area contributed by atoms with Gasteiger partial charge in [-0.25, -0.2) is 0 Å². The number of hydrogen-bond donors (Lipinski definition) is 0. The van der Waals surface area contributed by atoms with Gasteiger partial charge in [-0.1, -0.05) is 62.9 Å². The van der Waals surface area contributed by atoms with E-state index >= 15 is 0 Å². The van der Waals surface area contributed by atoms with E-state index in [1.807, 2.05) is 93.3 Å². The van der Waals surface area contributed by atoms with Crippen molar-refractivity contribution in [3.8, 4) is 34.5 Å². The molecule has 0 saturated heterocycles. The predicted octanol–water partition coefficient (Wildman–Crippen LogP) is 7.95. The van der Waals surface area contributed by atoms with E-state index in [1.54, 1.807) is 54.6 Å². The summed E-state index contributed by atoms with van der Waals surface area (Å²) in [5.74, 6) is 4.24. The van der Waals surface area contributed by atoms with Gasteiger partial charge in [0.1, 0.15) is 47.1 Å². The normalized spacial score (nSPS) is 13.2. The van der Waals surface area contributed by atoms with Gasteiger partial charge in [-0.15, -0.1) is 0 Å². The smallest absolute Gasteiger partial charge is 0.324 e. The highest BCUT2D eigenvalue weighted by Gasteiger charge is 2.25. The lowest BCUT2D eigenvalue weighted by Gasteiger charge is -2.09. The number of hydrogen-bond acceptors (Lipinski definition) is 9. The molecule has 3 heterocycles. The van der Waals surface area contributed by atoms with Gasteiger partial charge < -0.3 is 28.2 Å². The van der Waals surface area contributed by atoms with Crippen LogP contribution < -0.4 is 30.6 Å². The highest BCUT2D eigenvalue weighted by atomic mass is 16.5. The minimum atomic E-state index is 0.145. The number of aldehydes is 3. The third-order valence-corrected chi connectivity index (χ3v) is 9.88. The Morgan fingerprint density at radius 1 is 0.439 bits per heavy atom. The van der Waals surface area contributed by atoms with Crippen molar-refractivity contribution in [1.29, 1.82) is 0 Å². The summed E-state index contributed by atoms with van der Waals surface area (Å²) in [5.41, 5.74) is 8.93. The Kier molecular flexibility index (Phi) is 12.4. The molecule has 0 amide bonds. The van der Waals surface area contributed by atoms with Crippen molar-refractivity contribution in [3.63, 3.8) is 0 Å². The first-order valence-corrected chi connectivity index (χ1v) is 18.7. The molecule has 0 unspecified atom stereocenters. The first kappa shape index (κ1) is 39.1. The zero-order chi connectivity index (χ0) is 39.7. The van der Waals surface area contributed by atoms with E-state index in [1.165, 1.54) is 22.0 Å². The van der Waals surface area contributed by atoms with Crippen LogP contribution in [0.25, 0.3) is 0 Å². The molecular weight excluding hydrogens is 717 g/mol. The van der Waals surface area contributed by atoms with Crippen LogP contribution in [0.1, 0.15) is 47.8 Å². The zero-order valence-corrected chi connectivity index (χ0v) is 31.9. The van der Waals surface area contributed by atoms with E-state index in [9.17, 15) is 14.4 Å². The van der Waals surface area contributed by atoms with Gasteiger partial charge in [0.25, 0.3) is 0 Å². The molecule has 0 fully saturated rings. The number of carbonyl (C=O) groups excluding carboxylic acids is 3. The summed E-state index contributed by atoms with van der Waals surface area (Å²) in [4.78, 5) is 32.3. The van der Waals surface area contributed by atoms with E-state index < -0.39 is 0 Å². The third kappa shape index (κ3) is 9.61. The highest BCUT2D eigenvalue weighted by Crippen LogP contribution is 2.28. The number of fused-ring (bicyclic) bond motifs is 3. The van der Waals surface area contributed by atoms with Crippen molar-refractivity contribution in [2.45, 2.75) is 40.3 Å². The number of para-hydroxylation sites is 1. The SMILES string of the molecule is CB1OCc2cc(Oc3ccc(C=O)cc3)ccc21.CB1OCc2cc(Oc3cccc(C=O)c3)ccc21.CB1OCc2cc(Oc3ccccc3C=O)ccc21. The molecule has 0 atom stereocenters. The molecule has 0 radical (unpaired) electrons. The van der Waals surface area contributed by atoms with E-state index in [4.69, 9.17) is 28.2 Å². The summed E-state index contributed by atoms with van der Waals surface area (Å²) < 4.78 is 34.0. The maximum Gasteiger partial charge on any atom is 0.324 e. The minimum Gasteiger partial charge on any atom is -0.457 e. The van der Waals surface area contributed by atoms with E-state index in [2.05, 4.69) is 0 Å². The molecule has 6 aromatic rings. The molecule has 9 nitrogen and oxygen atoms in total. The second-order valence-electron chi connectivity index (χ2n) is 13.8. The fourth-order valence-corrected chi connectivity index (χ4v) is 6.75. The van der Waals surface area contributed by atoms with Crippen LogP contribution in [0, 0.1) is 0 Å². The second-order valence-corrected chi connectivity index (χ2v) is 13.8. The summed E-state index contributed by atoms with van der Waals surface area (Å²) in [6, 6.07) is 39.2. The Morgan fingerprint density at radius 3 is 1.40 bits per heavy atom. The molecule has 0 spiro atoms. The topological polar surface area (TPSA) is 107 Å². The molecule has 0 aliphatic carbocycles. The second kappa shape index (κ2) is 18.2. The van der Waals surface area contributed by atoms with Crippen LogP contribution in [-0.4, -0.2) is 39.6 Å². The molecule has 57 heavy (non-hydrogen) atoms. The molecule has 0 aromatic heterocycles. The van der Waals surface area contributed by atoms with Gasteiger partial charge in [0, 0.05) is 11.1 Å². The summed E-state index contributed by atoms with van der Waals surface area (Å²) in [7, 11) is 0. The van der Waals surface area contributed by atoms with Crippen LogP contribution in [0.4, 0.5) is 0 Å². The maximum absolute atomic E-state index is 10.9. The van der Waals surface area contributed by atoms with Crippen LogP contribution >= 0.6 is 0 Å². The fourth-order valence-electron chi connectivity index (χ4n) is 6.75. The molecule has 3 aliphatic rings. The van der Waals surface area contributed by atoms with Crippen molar-refractivity contribution in [3.05, 3.63) is 161 Å². The van der Waals surface area contributed by atoms with Gasteiger partial charge in [-0.2, -0.15) is 0 Å². The lowest BCUT2D eigenvalue weighted by atomic mass is 9.64. The van der Waals surface area contributed by atoms with Gasteiger partial charge in [0.2, 0.25) is 0 Å². The van der Waals surface area contributed by atoms with E-state index in [0.717, 1.165) is 53.0 Å². The van der Waals surface area contributed by atoms with Crippen molar-refractivity contribution < 1.29 is 42.6 Å². The Morgan fingerprint density at radius 2 is 0.895 bits per heavy atom. The maximum atomic E-state index is 10.9. The van der Waals surface area contributed by atoms with Crippen molar-refractivity contribution in [2.75, 3.05) is 0 Å². The molecule has 0 saturated carbocycles. The zero-order valence-electron chi connectivity index (χ0n) is 31.9. The Labute approximate surface area is 333 Å². The van der Waals surface area contributed by atoms with Gasteiger partial charge in [0.05, 0.1) is 25.4 Å². The number of benzene rings is 6. The number of carbonyl (C=O) groups is 3. The van der Waals surface area contributed by atoms with Gasteiger partial charge in [0.15, 0.2) is 6.29 Å². The highest BCUT2D eigenvalue weighted by molar-refractivity contribution is 6.68. The summed E-state index contributed by atoms with van der Waals surface area (Å²) >= 11 is 0. The van der Waals surface area contributed by atoms with Crippen molar-refractivity contribution in [1.82, 2.24) is 0 Å². The molecule has 9 rings (SSSR count). The molecule has 0 bridgehead atoms. The quantitative estimate of drug-likeness (QED) is 0.107. The van der Waals surface area contributed by atoms with E-state index in [-0.39, 0.29) is 20.7 Å². The third-order valence-electron chi connectivity index (χ3n) is 9.88. The van der Waals surface area contributed by atoms with Crippen molar-refractivity contribution >= 4 is 56.0 Å². The van der Waals surface area contributed by atoms with Crippen LogP contribution in [0.5, 0.6) is 34.5 Å². The standard InChI is InChI=1S/3C15H13BO3/c1-16-15-7-6-14(8-12(15)10-18-16)19-13-4-2-11(9-17)3-5-13;1-16-15-6-5-14(8-12(15)10-18-16)19-13-4-2-3-11(7-13)9-17;1-16-14-7-6-13(8-12(14)10-18-16)19-15-5-3-2-4-11(15)9-17/h3*2-9H,10H2,1H3. The average Bonchev–Trinajstić information content (AvgIpc) is 3.93. The predicted molar refractivity (Wildman–Crippen MR) is 223 cm³/mol. The van der Waals surface area contributed by atoms with E-state index in [0.29, 0.717) is 48.0 Å². The Hall–Kier alpha value is -6.20. The lowest BCUT2D eigenvalue weighted by Crippen LogP contribution is -2.23. The van der Waals surface area contributed by atoms with Crippen LogP contribution in [0.15, 0.2) is 127 Å². The number of ether oxygens (including phenoxy) is 3. The molecule has 3 aliphatic heterocycles. The van der Waals surface area contributed by atoms with Crippen LogP contribution in [0.3, 0.4) is 0 Å². The Balaban J connectivity index is 0.000000131. The van der Waals surface area contributed by atoms with Crippen LogP contribution in [0.2, 0.25) is 20.5 Å². The molecule has 6 aromatic carbocycles. The lowest BCUT2D eigenvalue weighted by molar-refractivity contribution is 0.111. The van der Waals surface area contributed by atoms with Crippen LogP contribution in [-0.2, 0) is 33.8 Å². The van der Waals surface area contributed by atoms with Crippen molar-refractivity contribution in [2.24, 2.45) is 0 Å². The molecule has 0 N–H and O–H groups in total. The summed E-state index contributed by atoms with van der Waals surface area (Å²) in [6.45, 7) is 8.46. The fraction of sp³-hybridized carbons (Fsp3) is 0.133. The summed E-state index contributed by atoms with van der Waals surface area (Å²) in [5, 5.41) is 0. The first-order valence-electron chi connectivity index (χ1n) is 18.7. The summed E-state index contributed by atoms with van der Waals surface area (Å²) in [6.07, 6.45) is 2.43.